The molecule has 0 saturated carbocycles. The van der Waals surface area contributed by atoms with E-state index in [9.17, 15) is 9.59 Å². The molecule has 0 fully saturated rings. The molecule has 1 amide bonds. The Labute approximate surface area is 494 Å². The summed E-state index contributed by atoms with van der Waals surface area (Å²) in [4.78, 5) is 28.7. The number of azo groups is 2. The molecule has 1 atom stereocenters. The molecule has 11 rings (SSSR count). The van der Waals surface area contributed by atoms with Crippen molar-refractivity contribution in [1.82, 2.24) is 10.6 Å². The Hall–Kier alpha value is -8.97. The van der Waals surface area contributed by atoms with Crippen molar-refractivity contribution in [3.05, 3.63) is 204 Å². The monoisotopic (exact) mass is 1120 g/mol. The number of para-hydroxylation sites is 2. The summed E-state index contributed by atoms with van der Waals surface area (Å²) in [6, 6.07) is 49.0. The van der Waals surface area contributed by atoms with Crippen LogP contribution in [0.5, 0.6) is 0 Å². The number of allylic oxidation sites excluding steroid dienone is 7. The van der Waals surface area contributed by atoms with Crippen molar-refractivity contribution in [3.8, 4) is 0 Å². The molecule has 0 aromatic heterocycles. The largest absolute Gasteiger partial charge is 0.461 e. The van der Waals surface area contributed by atoms with E-state index < -0.39 is 11.6 Å². The highest BCUT2D eigenvalue weighted by Crippen LogP contribution is 2.48. The third kappa shape index (κ3) is 11.7. The summed E-state index contributed by atoms with van der Waals surface area (Å²) in [6.45, 7) is 18.9. The maximum atomic E-state index is 13.2. The third-order valence-corrected chi connectivity index (χ3v) is 17.0. The zero-order chi connectivity index (χ0) is 58.4. The number of anilines is 3. The highest BCUT2D eigenvalue weighted by Gasteiger charge is 2.44. The van der Waals surface area contributed by atoms with Crippen LogP contribution in [0.3, 0.4) is 0 Å². The van der Waals surface area contributed by atoms with E-state index in [0.717, 1.165) is 102 Å². The molecular formula is C71H77N10O3+. The number of rotatable bonds is 20. The number of unbranched alkanes of at least 4 members (excludes halogenated alkanes) is 1. The minimum atomic E-state index is -0.808. The number of hydrogen-bond acceptors (Lipinski definition) is 11. The van der Waals surface area contributed by atoms with Gasteiger partial charge in [-0.3, -0.25) is 9.59 Å². The first-order valence-corrected chi connectivity index (χ1v) is 29.9. The van der Waals surface area contributed by atoms with Crippen LogP contribution >= 0.6 is 0 Å². The number of benzene rings is 7. The summed E-state index contributed by atoms with van der Waals surface area (Å²) >= 11 is 0. The van der Waals surface area contributed by atoms with Crippen molar-refractivity contribution in [1.29, 1.82) is 0 Å². The number of nitrogens with one attached hydrogen (secondary N) is 4. The van der Waals surface area contributed by atoms with Crippen molar-refractivity contribution in [2.45, 2.75) is 110 Å². The van der Waals surface area contributed by atoms with E-state index in [0.29, 0.717) is 12.2 Å². The zero-order valence-corrected chi connectivity index (χ0v) is 49.6. The highest BCUT2D eigenvalue weighted by molar-refractivity contribution is 6.10. The van der Waals surface area contributed by atoms with Gasteiger partial charge in [-0.05, 0) is 138 Å². The smallest absolute Gasteiger partial charge is 0.306 e. The second-order valence-electron chi connectivity index (χ2n) is 23.5. The van der Waals surface area contributed by atoms with Gasteiger partial charge in [0.1, 0.15) is 18.8 Å². The van der Waals surface area contributed by atoms with Gasteiger partial charge in [0, 0.05) is 99.2 Å². The van der Waals surface area contributed by atoms with Gasteiger partial charge in [-0.15, -0.1) is 15.3 Å². The molecule has 7 aromatic carbocycles. The van der Waals surface area contributed by atoms with Gasteiger partial charge in [-0.2, -0.15) is 9.69 Å². The van der Waals surface area contributed by atoms with Crippen LogP contribution in [-0.4, -0.2) is 60.6 Å². The molecule has 428 valence electrons. The van der Waals surface area contributed by atoms with Crippen LogP contribution < -0.4 is 26.2 Å². The molecule has 1 aliphatic carbocycles. The topological polar surface area (TPSA) is 147 Å². The van der Waals surface area contributed by atoms with Gasteiger partial charge >= 0.3 is 5.97 Å². The van der Waals surface area contributed by atoms with Gasteiger partial charge in [0.15, 0.2) is 5.71 Å². The number of esters is 1. The second-order valence-corrected chi connectivity index (χ2v) is 23.5. The van der Waals surface area contributed by atoms with Gasteiger partial charge in [-0.25, -0.2) is 0 Å². The van der Waals surface area contributed by atoms with Crippen LogP contribution in [-0.2, 0) is 25.2 Å². The predicted molar refractivity (Wildman–Crippen MR) is 342 cm³/mol. The molecule has 1 unspecified atom stereocenters. The van der Waals surface area contributed by atoms with Crippen molar-refractivity contribution >= 4 is 84.6 Å². The van der Waals surface area contributed by atoms with Crippen molar-refractivity contribution in [2.24, 2.45) is 20.5 Å². The Morgan fingerprint density at radius 2 is 1.29 bits per heavy atom. The fourth-order valence-corrected chi connectivity index (χ4v) is 12.6. The average molecular weight is 1120 g/mol. The quantitative estimate of drug-likeness (QED) is 0.0257. The third-order valence-electron chi connectivity index (χ3n) is 17.0. The summed E-state index contributed by atoms with van der Waals surface area (Å²) < 4.78 is 8.28. The first kappa shape index (κ1) is 56.9. The number of fused-ring (bicyclic) bond motifs is 3. The maximum Gasteiger partial charge on any atom is 0.306 e. The highest BCUT2D eigenvalue weighted by atomic mass is 16.5. The summed E-state index contributed by atoms with van der Waals surface area (Å²) in [5.41, 5.74) is 15.5. The number of carbonyl (C=O) groups excluding carboxylic acids is 2. The van der Waals surface area contributed by atoms with Crippen LogP contribution in [0.2, 0.25) is 0 Å². The van der Waals surface area contributed by atoms with Crippen molar-refractivity contribution in [2.75, 3.05) is 48.3 Å². The van der Waals surface area contributed by atoms with E-state index in [1.165, 1.54) is 50.8 Å². The fraction of sp³-hybridized carbons (Fsp3) is 0.310. The lowest BCUT2D eigenvalue weighted by Crippen LogP contribution is -2.49. The molecular weight excluding hydrogens is 1040 g/mol. The van der Waals surface area contributed by atoms with Crippen molar-refractivity contribution in [3.63, 3.8) is 0 Å². The molecule has 13 nitrogen and oxygen atoms in total. The SMILES string of the molecule is CCN1/C(=C/C=C2\CCCC(/C=C/C3=[N+](CC)c4ccccc4C3(C)C)=C2NCCCCNC(=O)CCC(=O)OCC2(C)Nc3cccc4c(N=Nc5ccc(N=Nc6ccccc6)c6ccccc56)ccc(c34)N2)C(C)(C)c2ccccc21. The van der Waals surface area contributed by atoms with Gasteiger partial charge in [-0.1, -0.05) is 117 Å². The van der Waals surface area contributed by atoms with Gasteiger partial charge in [0.05, 0.1) is 34.6 Å². The number of nitrogens with zero attached hydrogens (tertiary/aromatic N) is 6. The number of carbonyl (C=O) groups is 2. The van der Waals surface area contributed by atoms with E-state index in [2.05, 4.69) is 155 Å². The molecule has 0 spiro atoms. The minimum absolute atomic E-state index is 0.0206. The van der Waals surface area contributed by atoms with Crippen LogP contribution in [0.25, 0.3) is 21.5 Å². The lowest BCUT2D eigenvalue weighted by Gasteiger charge is -2.38. The van der Waals surface area contributed by atoms with E-state index in [4.69, 9.17) is 15.0 Å². The lowest BCUT2D eigenvalue weighted by atomic mass is 9.81. The Bertz CT molecular complexity index is 3870. The molecule has 7 aromatic rings. The van der Waals surface area contributed by atoms with E-state index >= 15 is 0 Å². The lowest BCUT2D eigenvalue weighted by molar-refractivity contribution is -0.433. The molecule has 3 aliphatic heterocycles. The van der Waals surface area contributed by atoms with Crippen LogP contribution in [0.4, 0.5) is 45.5 Å². The average Bonchev–Trinajstić information content (AvgIpc) is 4.07. The summed E-state index contributed by atoms with van der Waals surface area (Å²) in [5, 5.41) is 36.3. The molecule has 0 radical (unpaired) electrons. The van der Waals surface area contributed by atoms with Crippen LogP contribution in [0.1, 0.15) is 105 Å². The number of likely N-dealkylation sites (N-methyl/N-ethyl adjacent to an activating group) is 1. The first-order valence-electron chi connectivity index (χ1n) is 29.9. The number of amides is 1. The van der Waals surface area contributed by atoms with Gasteiger partial charge < -0.3 is 30.9 Å². The summed E-state index contributed by atoms with van der Waals surface area (Å²) in [7, 11) is 0. The zero-order valence-electron chi connectivity index (χ0n) is 49.6. The molecule has 4 N–H and O–H groups in total. The molecule has 0 saturated heterocycles. The normalized spacial score (nSPS) is 18.8. The predicted octanol–water partition coefficient (Wildman–Crippen LogP) is 16.9. The van der Waals surface area contributed by atoms with Gasteiger partial charge in [0.2, 0.25) is 11.6 Å². The van der Waals surface area contributed by atoms with E-state index in [1.54, 1.807) is 0 Å². The number of hydrogen-bond donors (Lipinski definition) is 4. The Balaban J connectivity index is 0.683. The maximum absolute atomic E-state index is 13.2. The van der Waals surface area contributed by atoms with E-state index in [1.807, 2.05) is 104 Å². The van der Waals surface area contributed by atoms with E-state index in [-0.39, 0.29) is 36.2 Å². The van der Waals surface area contributed by atoms with Crippen LogP contribution in [0.15, 0.2) is 213 Å². The Morgan fingerprint density at radius 1 is 0.643 bits per heavy atom. The molecule has 4 aliphatic rings. The Kier molecular flexibility index (Phi) is 16.6. The number of ether oxygens (including phenoxy) is 1. The summed E-state index contributed by atoms with van der Waals surface area (Å²) in [5.74, 6) is -0.604. The molecule has 0 bridgehead atoms. The first-order chi connectivity index (χ1) is 40.8. The second kappa shape index (κ2) is 24.5. The minimum Gasteiger partial charge on any atom is -0.461 e. The van der Waals surface area contributed by atoms with Gasteiger partial charge in [0.25, 0.3) is 0 Å². The standard InChI is InChI=1S/C71H76N10O3/c1-8-80-61-33-17-15-30-54(61)69(3,4)63(80)41-35-48-23-21-24-49(36-42-64-70(5,6)55-31-16-18-34-62(55)81(64)9-2)68(48)73-46-20-19-45-72-65(82)43-44-66(83)84-47-71(7)74-59-32-22-29-53-58(39-40-60(75-71)67(53)59)79-78-57-38-37-56(51-27-13-14-28-52(51)57)77-76-50-25-11-10-12-26-50/h10-18,22,25-42H,8-9,19-21,23-24,43-47H2,1-7H3,(H3,72,74,75,76,78,82)/p+1/b48-35+,63-41+. The fourth-order valence-electron chi connectivity index (χ4n) is 12.6. The molecule has 13 heteroatoms. The molecule has 3 heterocycles. The Morgan fingerprint density at radius 3 is 2.04 bits per heavy atom. The van der Waals surface area contributed by atoms with Crippen LogP contribution in [0, 0.1) is 0 Å². The van der Waals surface area contributed by atoms with Crippen molar-refractivity contribution < 1.29 is 18.9 Å². The summed E-state index contributed by atoms with van der Waals surface area (Å²) in [6.07, 6.45) is 14.2. The molecule has 84 heavy (non-hydrogen) atoms.